The van der Waals surface area contributed by atoms with Crippen LogP contribution in [0, 0.1) is 27.9 Å². The van der Waals surface area contributed by atoms with Gasteiger partial charge in [-0.2, -0.15) is 0 Å². The maximum atomic E-state index is 12.4. The van der Waals surface area contributed by atoms with E-state index in [1.807, 2.05) is 0 Å². The molecule has 0 spiro atoms. The van der Waals surface area contributed by atoms with Gasteiger partial charge in [0.15, 0.2) is 0 Å². The highest BCUT2D eigenvalue weighted by molar-refractivity contribution is 5.94. The molecule has 0 unspecified atom stereocenters. The van der Waals surface area contributed by atoms with E-state index in [1.54, 1.807) is 0 Å². The molecule has 27 heavy (non-hydrogen) atoms. The summed E-state index contributed by atoms with van der Waals surface area (Å²) >= 11 is 0. The third-order valence-electron chi connectivity index (χ3n) is 6.42. The molecule has 0 aliphatic heterocycles. The second-order valence-corrected chi connectivity index (χ2v) is 8.56. The van der Waals surface area contributed by atoms with Crippen LogP contribution in [0.15, 0.2) is 24.3 Å². The van der Waals surface area contributed by atoms with Crippen molar-refractivity contribution in [3.05, 3.63) is 39.9 Å². The standard InChI is InChI=1S/C20H25N3O4/c24-18(22-20-10-13-7-14(11-20)9-15(8-13)12-20)5-6-21-19(25)16-1-3-17(4-2-16)23(26)27/h1-4,13-15H,5-12H2,(H,21,25)(H,22,24). The fourth-order valence-electron chi connectivity index (χ4n) is 5.75. The zero-order valence-electron chi connectivity index (χ0n) is 15.3. The van der Waals surface area contributed by atoms with E-state index in [2.05, 4.69) is 10.6 Å². The van der Waals surface area contributed by atoms with Crippen molar-refractivity contribution in [2.24, 2.45) is 17.8 Å². The lowest BCUT2D eigenvalue weighted by Gasteiger charge is -2.56. The van der Waals surface area contributed by atoms with E-state index in [9.17, 15) is 19.7 Å². The molecule has 0 radical (unpaired) electrons. The molecule has 1 aromatic carbocycles. The van der Waals surface area contributed by atoms with Crippen molar-refractivity contribution >= 4 is 17.5 Å². The molecule has 4 aliphatic rings. The number of carbonyl (C=O) groups excluding carboxylic acids is 2. The monoisotopic (exact) mass is 371 g/mol. The predicted octanol–water partition coefficient (Wildman–Crippen LogP) is 2.80. The highest BCUT2D eigenvalue weighted by atomic mass is 16.6. The predicted molar refractivity (Wildman–Crippen MR) is 99.1 cm³/mol. The van der Waals surface area contributed by atoms with Gasteiger partial charge < -0.3 is 10.6 Å². The van der Waals surface area contributed by atoms with Gasteiger partial charge >= 0.3 is 0 Å². The molecule has 7 heteroatoms. The van der Waals surface area contributed by atoms with Crippen molar-refractivity contribution in [2.45, 2.75) is 50.5 Å². The normalized spacial score (nSPS) is 30.7. The Labute approximate surface area is 158 Å². The molecule has 5 rings (SSSR count). The van der Waals surface area contributed by atoms with Gasteiger partial charge in [0.05, 0.1) is 4.92 Å². The first kappa shape index (κ1) is 17.9. The molecule has 0 heterocycles. The average Bonchev–Trinajstić information content (AvgIpc) is 2.60. The van der Waals surface area contributed by atoms with Gasteiger partial charge in [-0.3, -0.25) is 19.7 Å². The molecule has 2 N–H and O–H groups in total. The van der Waals surface area contributed by atoms with E-state index in [1.165, 1.54) is 43.5 Å². The lowest BCUT2D eigenvalue weighted by Crippen LogP contribution is -2.60. The van der Waals surface area contributed by atoms with Crippen molar-refractivity contribution in [3.63, 3.8) is 0 Å². The first-order valence-electron chi connectivity index (χ1n) is 9.76. The van der Waals surface area contributed by atoms with E-state index >= 15 is 0 Å². The van der Waals surface area contributed by atoms with Gasteiger partial charge in [0, 0.05) is 36.2 Å². The summed E-state index contributed by atoms with van der Waals surface area (Å²) in [6.07, 6.45) is 7.58. The first-order chi connectivity index (χ1) is 12.9. The highest BCUT2D eigenvalue weighted by Crippen LogP contribution is 2.55. The summed E-state index contributed by atoms with van der Waals surface area (Å²) in [5, 5.41) is 16.7. The molecule has 4 bridgehead atoms. The average molecular weight is 371 g/mol. The number of carbonyl (C=O) groups is 2. The number of hydrogen-bond donors (Lipinski definition) is 2. The summed E-state index contributed by atoms with van der Waals surface area (Å²) < 4.78 is 0. The maximum Gasteiger partial charge on any atom is 0.269 e. The zero-order chi connectivity index (χ0) is 19.0. The van der Waals surface area contributed by atoms with Crippen LogP contribution in [0.4, 0.5) is 5.69 Å². The Morgan fingerprint density at radius 3 is 2.11 bits per heavy atom. The first-order valence-corrected chi connectivity index (χ1v) is 9.76. The van der Waals surface area contributed by atoms with Gasteiger partial charge in [-0.05, 0) is 68.4 Å². The Bertz CT molecular complexity index is 724. The minimum Gasteiger partial charge on any atom is -0.352 e. The second-order valence-electron chi connectivity index (χ2n) is 8.56. The molecule has 7 nitrogen and oxygen atoms in total. The number of non-ortho nitro benzene ring substituents is 1. The Morgan fingerprint density at radius 1 is 1.04 bits per heavy atom. The third-order valence-corrected chi connectivity index (χ3v) is 6.42. The van der Waals surface area contributed by atoms with Gasteiger partial charge in [0.1, 0.15) is 0 Å². The van der Waals surface area contributed by atoms with Gasteiger partial charge in [-0.25, -0.2) is 0 Å². The quantitative estimate of drug-likeness (QED) is 0.593. The number of nitro groups is 1. The molecule has 144 valence electrons. The lowest BCUT2D eigenvalue weighted by molar-refractivity contribution is -0.384. The molecule has 0 atom stereocenters. The number of benzene rings is 1. The summed E-state index contributed by atoms with van der Waals surface area (Å²) in [6.45, 7) is 0.258. The van der Waals surface area contributed by atoms with Crippen LogP contribution >= 0.6 is 0 Å². The van der Waals surface area contributed by atoms with Crippen molar-refractivity contribution in [2.75, 3.05) is 6.54 Å². The Balaban J connectivity index is 1.25. The van der Waals surface area contributed by atoms with E-state index in [0.717, 1.165) is 37.0 Å². The van der Waals surface area contributed by atoms with Crippen molar-refractivity contribution < 1.29 is 14.5 Å². The molecule has 0 saturated heterocycles. The third kappa shape index (κ3) is 3.82. The molecule has 4 aliphatic carbocycles. The van der Waals surface area contributed by atoms with Gasteiger partial charge in [-0.1, -0.05) is 0 Å². The fourth-order valence-corrected chi connectivity index (χ4v) is 5.75. The van der Waals surface area contributed by atoms with Crippen LogP contribution < -0.4 is 10.6 Å². The molecule has 4 fully saturated rings. The van der Waals surface area contributed by atoms with Crippen LogP contribution in [0.5, 0.6) is 0 Å². The van der Waals surface area contributed by atoms with Crippen LogP contribution in [0.2, 0.25) is 0 Å². The maximum absolute atomic E-state index is 12.4. The van der Waals surface area contributed by atoms with Crippen molar-refractivity contribution in [3.8, 4) is 0 Å². The molecule has 2 amide bonds. The summed E-state index contributed by atoms with van der Waals surface area (Å²) in [5.41, 5.74) is 0.289. The number of nitrogens with one attached hydrogen (secondary N) is 2. The second kappa shape index (κ2) is 6.94. The van der Waals surface area contributed by atoms with Crippen LogP contribution in [0.3, 0.4) is 0 Å². The SMILES string of the molecule is O=C(CCNC(=O)c1ccc([N+](=O)[O-])cc1)NC12CC3CC(CC(C3)C1)C2. The van der Waals surface area contributed by atoms with Gasteiger partial charge in [0.25, 0.3) is 11.6 Å². The smallest absolute Gasteiger partial charge is 0.269 e. The Kier molecular flexibility index (Phi) is 4.61. The van der Waals surface area contributed by atoms with Crippen molar-refractivity contribution in [1.82, 2.24) is 10.6 Å². The lowest BCUT2D eigenvalue weighted by atomic mass is 9.53. The molecule has 0 aromatic heterocycles. The van der Waals surface area contributed by atoms with Crippen LogP contribution in [0.25, 0.3) is 0 Å². The molecular formula is C20H25N3O4. The summed E-state index contributed by atoms with van der Waals surface area (Å²) in [7, 11) is 0. The Hall–Kier alpha value is -2.44. The molecule has 1 aromatic rings. The van der Waals surface area contributed by atoms with E-state index in [4.69, 9.17) is 0 Å². The van der Waals surface area contributed by atoms with Gasteiger partial charge in [-0.15, -0.1) is 0 Å². The van der Waals surface area contributed by atoms with E-state index in [-0.39, 0.29) is 36.0 Å². The zero-order valence-corrected chi connectivity index (χ0v) is 15.3. The summed E-state index contributed by atoms with van der Waals surface area (Å²) in [6, 6.07) is 5.44. The highest BCUT2D eigenvalue weighted by Gasteiger charge is 2.51. The number of hydrogen-bond acceptors (Lipinski definition) is 4. The summed E-state index contributed by atoms with van der Waals surface area (Å²) in [5.74, 6) is 2.00. The van der Waals surface area contributed by atoms with Gasteiger partial charge in [0.2, 0.25) is 5.91 Å². The Morgan fingerprint density at radius 2 is 1.59 bits per heavy atom. The number of amides is 2. The number of nitrogens with zero attached hydrogens (tertiary/aromatic N) is 1. The van der Waals surface area contributed by atoms with Crippen LogP contribution in [-0.4, -0.2) is 28.8 Å². The molecule has 4 saturated carbocycles. The summed E-state index contributed by atoms with van der Waals surface area (Å²) in [4.78, 5) is 34.7. The van der Waals surface area contributed by atoms with Crippen LogP contribution in [0.1, 0.15) is 55.3 Å². The largest absolute Gasteiger partial charge is 0.352 e. The number of rotatable bonds is 6. The fraction of sp³-hybridized carbons (Fsp3) is 0.600. The molecular weight excluding hydrogens is 346 g/mol. The minimum atomic E-state index is -0.504. The van der Waals surface area contributed by atoms with Crippen LogP contribution in [-0.2, 0) is 4.79 Å². The van der Waals surface area contributed by atoms with Crippen molar-refractivity contribution in [1.29, 1.82) is 0 Å². The minimum absolute atomic E-state index is 0.000879. The number of nitro benzene ring substituents is 1. The van der Waals surface area contributed by atoms with E-state index in [0.29, 0.717) is 5.56 Å². The topological polar surface area (TPSA) is 101 Å². The van der Waals surface area contributed by atoms with E-state index < -0.39 is 4.92 Å².